The molecule has 2 aromatic rings. The number of ether oxygens (including phenoxy) is 1. The summed E-state index contributed by atoms with van der Waals surface area (Å²) >= 11 is 6.12. The number of hydrogen-bond acceptors (Lipinski definition) is 4. The molecule has 0 aromatic heterocycles. The van der Waals surface area contributed by atoms with Gasteiger partial charge in [0.2, 0.25) is 5.91 Å². The fourth-order valence-electron chi connectivity index (χ4n) is 4.39. The van der Waals surface area contributed by atoms with Crippen molar-refractivity contribution in [3.8, 4) is 11.5 Å². The van der Waals surface area contributed by atoms with E-state index in [4.69, 9.17) is 16.3 Å². The molecule has 7 nitrogen and oxygen atoms in total. The van der Waals surface area contributed by atoms with E-state index in [2.05, 4.69) is 10.6 Å². The number of benzene rings is 2. The Hall–Kier alpha value is -3.06. The van der Waals surface area contributed by atoms with E-state index in [1.54, 1.807) is 18.2 Å². The van der Waals surface area contributed by atoms with Crippen molar-refractivity contribution in [1.82, 2.24) is 10.2 Å². The lowest BCUT2D eigenvalue weighted by atomic mass is 9.73. The molecule has 2 N–H and O–H groups in total. The van der Waals surface area contributed by atoms with Crippen molar-refractivity contribution < 1.29 is 19.1 Å². The van der Waals surface area contributed by atoms with E-state index in [1.807, 2.05) is 38.1 Å². The molecular formula is C24H26ClN3O4. The van der Waals surface area contributed by atoms with Gasteiger partial charge in [-0.05, 0) is 56.0 Å². The van der Waals surface area contributed by atoms with Crippen molar-refractivity contribution in [3.05, 3.63) is 53.1 Å². The first-order valence-electron chi connectivity index (χ1n) is 10.8. The van der Waals surface area contributed by atoms with Gasteiger partial charge in [0.25, 0.3) is 5.91 Å². The van der Waals surface area contributed by atoms with Crippen LogP contribution in [0.4, 0.5) is 10.5 Å². The van der Waals surface area contributed by atoms with Crippen LogP contribution < -0.4 is 15.4 Å². The summed E-state index contributed by atoms with van der Waals surface area (Å²) in [5, 5.41) is 6.01. The molecule has 1 saturated heterocycles. The molecule has 1 saturated carbocycles. The summed E-state index contributed by atoms with van der Waals surface area (Å²) in [6, 6.07) is 11.9. The molecule has 4 rings (SSSR count). The fourth-order valence-corrected chi connectivity index (χ4v) is 4.57. The quantitative estimate of drug-likeness (QED) is 0.629. The van der Waals surface area contributed by atoms with Gasteiger partial charge in [-0.1, -0.05) is 49.1 Å². The normalized spacial score (nSPS) is 22.7. The molecule has 2 unspecified atom stereocenters. The summed E-state index contributed by atoms with van der Waals surface area (Å²) in [4.78, 5) is 39.4. The second-order valence-electron chi connectivity index (χ2n) is 8.54. The van der Waals surface area contributed by atoms with E-state index in [9.17, 15) is 14.4 Å². The Balaban J connectivity index is 1.48. The third-order valence-corrected chi connectivity index (χ3v) is 6.50. The minimum absolute atomic E-state index is 0.0307. The van der Waals surface area contributed by atoms with Gasteiger partial charge in [-0.15, -0.1) is 0 Å². The predicted octanol–water partition coefficient (Wildman–Crippen LogP) is 4.88. The fraction of sp³-hybridized carbons (Fsp3) is 0.375. The van der Waals surface area contributed by atoms with Crippen LogP contribution in [0.5, 0.6) is 11.5 Å². The van der Waals surface area contributed by atoms with Gasteiger partial charge in [-0.3, -0.25) is 14.5 Å². The Morgan fingerprint density at radius 3 is 2.69 bits per heavy atom. The maximum atomic E-state index is 13.1. The molecular weight excluding hydrogens is 430 g/mol. The van der Waals surface area contributed by atoms with Crippen LogP contribution in [0.3, 0.4) is 0 Å². The first-order chi connectivity index (χ1) is 15.3. The molecule has 0 bridgehead atoms. The largest absolute Gasteiger partial charge is 0.455 e. The zero-order valence-corrected chi connectivity index (χ0v) is 18.9. The molecule has 1 heterocycles. The molecule has 2 aromatic carbocycles. The molecule has 2 atom stereocenters. The zero-order valence-electron chi connectivity index (χ0n) is 18.1. The van der Waals surface area contributed by atoms with Crippen LogP contribution in [-0.2, 0) is 9.59 Å². The van der Waals surface area contributed by atoms with Crippen LogP contribution in [0.25, 0.3) is 0 Å². The highest BCUT2D eigenvalue weighted by Gasteiger charge is 2.55. The Morgan fingerprint density at radius 2 is 1.97 bits per heavy atom. The van der Waals surface area contributed by atoms with E-state index in [0.717, 1.165) is 29.7 Å². The molecule has 0 radical (unpaired) electrons. The highest BCUT2D eigenvalue weighted by atomic mass is 35.5. The number of aryl methyl sites for hydroxylation is 1. The van der Waals surface area contributed by atoms with Crippen LogP contribution in [0, 0.1) is 12.8 Å². The number of amides is 4. The van der Waals surface area contributed by atoms with Gasteiger partial charge in [0.1, 0.15) is 17.8 Å². The Morgan fingerprint density at radius 1 is 1.22 bits per heavy atom. The Bertz CT molecular complexity index is 1060. The number of urea groups is 1. The number of carbonyl (C=O) groups excluding carboxylic acids is 3. The first-order valence-corrected chi connectivity index (χ1v) is 11.1. The lowest BCUT2D eigenvalue weighted by Gasteiger charge is -2.36. The molecule has 1 spiro atoms. The maximum Gasteiger partial charge on any atom is 0.325 e. The number of nitrogens with one attached hydrogen (secondary N) is 2. The molecule has 32 heavy (non-hydrogen) atoms. The number of carbonyl (C=O) groups is 3. The van der Waals surface area contributed by atoms with Crippen molar-refractivity contribution in [2.75, 3.05) is 11.9 Å². The van der Waals surface area contributed by atoms with E-state index < -0.39 is 17.5 Å². The molecule has 2 aliphatic rings. The smallest absolute Gasteiger partial charge is 0.325 e. The lowest BCUT2D eigenvalue weighted by molar-refractivity contribution is -0.136. The second-order valence-corrected chi connectivity index (χ2v) is 8.98. The maximum absolute atomic E-state index is 13.1. The van der Waals surface area contributed by atoms with Gasteiger partial charge in [0, 0.05) is 5.02 Å². The minimum atomic E-state index is -0.897. The summed E-state index contributed by atoms with van der Waals surface area (Å²) in [6.07, 6.45) is 3.37. The highest BCUT2D eigenvalue weighted by molar-refractivity contribution is 6.31. The third kappa shape index (κ3) is 4.30. The summed E-state index contributed by atoms with van der Waals surface area (Å²) in [5.74, 6) is 0.206. The summed E-state index contributed by atoms with van der Waals surface area (Å²) in [7, 11) is 0. The van der Waals surface area contributed by atoms with Crippen LogP contribution in [0.1, 0.15) is 38.2 Å². The average Bonchev–Trinajstić information content (AvgIpc) is 2.98. The first kappa shape index (κ1) is 22.1. The zero-order chi connectivity index (χ0) is 22.9. The topological polar surface area (TPSA) is 87.7 Å². The third-order valence-electron chi connectivity index (χ3n) is 6.27. The minimum Gasteiger partial charge on any atom is -0.455 e. The van der Waals surface area contributed by atoms with Gasteiger partial charge >= 0.3 is 6.03 Å². The van der Waals surface area contributed by atoms with Crippen molar-refractivity contribution in [2.24, 2.45) is 5.92 Å². The highest BCUT2D eigenvalue weighted by Crippen LogP contribution is 2.38. The van der Waals surface area contributed by atoms with E-state index in [0.29, 0.717) is 28.6 Å². The van der Waals surface area contributed by atoms with Crippen LogP contribution in [0.15, 0.2) is 42.5 Å². The molecule has 8 heteroatoms. The predicted molar refractivity (Wildman–Crippen MR) is 122 cm³/mol. The average molecular weight is 456 g/mol. The molecule has 168 valence electrons. The summed E-state index contributed by atoms with van der Waals surface area (Å²) < 4.78 is 5.90. The van der Waals surface area contributed by atoms with Crippen molar-refractivity contribution in [2.45, 2.75) is 45.1 Å². The Labute approximate surface area is 192 Å². The van der Waals surface area contributed by atoms with Crippen molar-refractivity contribution in [1.29, 1.82) is 0 Å². The number of imide groups is 1. The number of anilines is 1. The SMILES string of the molecule is Cc1ccc(Oc2ccc(Cl)cc2NC(=O)CN2C(=O)NC3(CCCCC3C)C2=O)cc1. The summed E-state index contributed by atoms with van der Waals surface area (Å²) in [5.41, 5.74) is 0.558. The monoisotopic (exact) mass is 455 g/mol. The van der Waals surface area contributed by atoms with Gasteiger partial charge in [-0.25, -0.2) is 4.79 Å². The van der Waals surface area contributed by atoms with Gasteiger partial charge in [0.15, 0.2) is 5.75 Å². The molecule has 2 fully saturated rings. The number of nitrogens with zero attached hydrogens (tertiary/aromatic N) is 1. The second kappa shape index (κ2) is 8.82. The standard InChI is InChI=1S/C24H26ClN3O4/c1-15-6-9-18(10-7-15)32-20-11-8-17(25)13-19(20)26-21(29)14-28-22(30)24(27-23(28)31)12-4-3-5-16(24)2/h6-11,13,16H,3-5,12,14H2,1-2H3,(H,26,29)(H,27,31). The van der Waals surface area contributed by atoms with E-state index in [-0.39, 0.29) is 18.4 Å². The van der Waals surface area contributed by atoms with Crippen molar-refractivity contribution in [3.63, 3.8) is 0 Å². The van der Waals surface area contributed by atoms with Crippen molar-refractivity contribution >= 4 is 35.1 Å². The lowest BCUT2D eigenvalue weighted by Crippen LogP contribution is -2.54. The van der Waals surface area contributed by atoms with Crippen LogP contribution >= 0.6 is 11.6 Å². The van der Waals surface area contributed by atoms with Crippen LogP contribution in [0.2, 0.25) is 5.02 Å². The van der Waals surface area contributed by atoms with Gasteiger partial charge < -0.3 is 15.4 Å². The molecule has 4 amide bonds. The molecule has 1 aliphatic heterocycles. The number of hydrogen-bond donors (Lipinski definition) is 2. The Kier molecular flexibility index (Phi) is 6.11. The number of halogens is 1. The van der Waals surface area contributed by atoms with Gasteiger partial charge in [-0.2, -0.15) is 0 Å². The van der Waals surface area contributed by atoms with E-state index in [1.165, 1.54) is 0 Å². The summed E-state index contributed by atoms with van der Waals surface area (Å²) in [6.45, 7) is 3.57. The van der Waals surface area contributed by atoms with Gasteiger partial charge in [0.05, 0.1) is 5.69 Å². The van der Waals surface area contributed by atoms with Crippen LogP contribution in [-0.4, -0.2) is 34.8 Å². The number of rotatable bonds is 5. The van der Waals surface area contributed by atoms with E-state index >= 15 is 0 Å². The molecule has 1 aliphatic carbocycles.